The Bertz CT molecular complexity index is 379. The molecule has 0 bridgehead atoms. The molecule has 3 N–H and O–H groups in total. The van der Waals surface area contributed by atoms with Crippen LogP contribution < -0.4 is 0 Å². The second-order valence-corrected chi connectivity index (χ2v) is 5.29. The van der Waals surface area contributed by atoms with E-state index in [4.69, 9.17) is 22.1 Å². The monoisotopic (exact) mass is 260 g/mol. The van der Waals surface area contributed by atoms with E-state index in [-0.39, 0.29) is 6.47 Å². The van der Waals surface area contributed by atoms with Crippen molar-refractivity contribution in [2.45, 2.75) is 25.8 Å². The SMILES string of the molecule is CC(CCc1c[nH]c(=S)[nH]1)[N+](C)(C)C.O=CO. The Morgan fingerprint density at radius 1 is 1.53 bits per heavy atom. The van der Waals surface area contributed by atoms with Gasteiger partial charge in [-0.3, -0.25) is 4.79 Å². The minimum absolute atomic E-state index is 0.250. The molecule has 98 valence electrons. The largest absolute Gasteiger partial charge is 0.483 e. The number of carbonyl (C=O) groups is 1. The molecule has 0 aliphatic carbocycles. The van der Waals surface area contributed by atoms with Gasteiger partial charge in [0.25, 0.3) is 6.47 Å². The number of nitrogens with one attached hydrogen (secondary N) is 2. The Hall–Kier alpha value is -1.14. The maximum Gasteiger partial charge on any atom is 0.290 e. The summed E-state index contributed by atoms with van der Waals surface area (Å²) in [6, 6.07) is 0.659. The third kappa shape index (κ3) is 6.91. The van der Waals surface area contributed by atoms with Crippen LogP contribution in [-0.4, -0.2) is 53.2 Å². The van der Waals surface area contributed by atoms with Crippen LogP contribution in [0.3, 0.4) is 0 Å². The van der Waals surface area contributed by atoms with Crippen LogP contribution in [0.2, 0.25) is 0 Å². The molecule has 1 aromatic heterocycles. The number of nitrogens with zero attached hydrogens (tertiary/aromatic N) is 1. The summed E-state index contributed by atoms with van der Waals surface area (Å²) in [5.74, 6) is 0. The van der Waals surface area contributed by atoms with Crippen molar-refractivity contribution in [1.29, 1.82) is 0 Å². The van der Waals surface area contributed by atoms with Gasteiger partial charge in [0.1, 0.15) is 0 Å². The van der Waals surface area contributed by atoms with Gasteiger partial charge in [0.2, 0.25) is 0 Å². The molecule has 6 heteroatoms. The fourth-order valence-corrected chi connectivity index (χ4v) is 1.45. The molecule has 0 aromatic carbocycles. The van der Waals surface area contributed by atoms with E-state index in [1.807, 2.05) is 6.20 Å². The molecule has 0 fully saturated rings. The average Bonchev–Trinajstić information content (AvgIpc) is 2.60. The summed E-state index contributed by atoms with van der Waals surface area (Å²) in [6.07, 6.45) is 4.20. The fourth-order valence-electron chi connectivity index (χ4n) is 1.26. The van der Waals surface area contributed by atoms with Gasteiger partial charge >= 0.3 is 0 Å². The highest BCUT2D eigenvalue weighted by Crippen LogP contribution is 2.09. The molecule has 1 unspecified atom stereocenters. The van der Waals surface area contributed by atoms with E-state index in [2.05, 4.69) is 38.0 Å². The minimum atomic E-state index is -0.250. The van der Waals surface area contributed by atoms with Crippen molar-refractivity contribution in [3.05, 3.63) is 16.7 Å². The first-order valence-electron chi connectivity index (χ1n) is 5.46. The summed E-state index contributed by atoms with van der Waals surface area (Å²) in [7, 11) is 6.68. The molecule has 1 aromatic rings. The third-order valence-corrected chi connectivity index (χ3v) is 3.03. The lowest BCUT2D eigenvalue weighted by atomic mass is 10.1. The Labute approximate surface area is 107 Å². The van der Waals surface area contributed by atoms with Crippen LogP contribution in [0.4, 0.5) is 0 Å². The number of hydrogen-bond acceptors (Lipinski definition) is 2. The topological polar surface area (TPSA) is 68.9 Å². The molecule has 1 atom stereocenters. The smallest absolute Gasteiger partial charge is 0.290 e. The van der Waals surface area contributed by atoms with Gasteiger partial charge in [-0.05, 0) is 25.6 Å². The quantitative estimate of drug-likeness (QED) is 0.439. The van der Waals surface area contributed by atoms with E-state index >= 15 is 0 Å². The van der Waals surface area contributed by atoms with Crippen LogP contribution in [0.5, 0.6) is 0 Å². The van der Waals surface area contributed by atoms with Gasteiger partial charge in [-0.25, -0.2) is 0 Å². The molecule has 0 spiro atoms. The number of aromatic nitrogens is 2. The summed E-state index contributed by atoms with van der Waals surface area (Å²) in [5.41, 5.74) is 1.20. The summed E-state index contributed by atoms with van der Waals surface area (Å²) >= 11 is 4.97. The van der Waals surface area contributed by atoms with E-state index in [1.54, 1.807) is 0 Å². The highest BCUT2D eigenvalue weighted by molar-refractivity contribution is 7.71. The highest BCUT2D eigenvalue weighted by atomic mass is 32.1. The number of rotatable bonds is 4. The normalized spacial score (nSPS) is 12.5. The Morgan fingerprint density at radius 3 is 2.41 bits per heavy atom. The molecule has 0 aliphatic rings. The van der Waals surface area contributed by atoms with Crippen molar-refractivity contribution >= 4 is 18.7 Å². The fraction of sp³-hybridized carbons (Fsp3) is 0.636. The van der Waals surface area contributed by atoms with Crippen LogP contribution in [0, 0.1) is 4.77 Å². The van der Waals surface area contributed by atoms with Gasteiger partial charge in [-0.1, -0.05) is 0 Å². The van der Waals surface area contributed by atoms with Crippen molar-refractivity contribution in [1.82, 2.24) is 9.97 Å². The van der Waals surface area contributed by atoms with E-state index in [0.29, 0.717) is 6.04 Å². The molecule has 0 saturated heterocycles. The van der Waals surface area contributed by atoms with Gasteiger partial charge < -0.3 is 19.6 Å². The van der Waals surface area contributed by atoms with Crippen LogP contribution in [-0.2, 0) is 11.2 Å². The molecule has 0 aliphatic heterocycles. The van der Waals surface area contributed by atoms with Crippen molar-refractivity contribution in [3.63, 3.8) is 0 Å². The lowest BCUT2D eigenvalue weighted by Gasteiger charge is -2.31. The molecule has 0 radical (unpaired) electrons. The minimum Gasteiger partial charge on any atom is -0.483 e. The van der Waals surface area contributed by atoms with E-state index in [1.165, 1.54) is 12.1 Å². The van der Waals surface area contributed by atoms with Crippen molar-refractivity contribution < 1.29 is 14.4 Å². The van der Waals surface area contributed by atoms with Gasteiger partial charge in [0.05, 0.1) is 27.2 Å². The Morgan fingerprint density at radius 2 is 2.06 bits per heavy atom. The Balaban J connectivity index is 0.000000770. The molecule has 1 rings (SSSR count). The van der Waals surface area contributed by atoms with Gasteiger partial charge in [-0.2, -0.15) is 0 Å². The van der Waals surface area contributed by atoms with E-state index < -0.39 is 0 Å². The van der Waals surface area contributed by atoms with Crippen molar-refractivity contribution in [2.24, 2.45) is 0 Å². The summed E-state index contributed by atoms with van der Waals surface area (Å²) in [5, 5.41) is 6.89. The zero-order chi connectivity index (χ0) is 13.5. The number of carboxylic acid groups (broad SMARTS) is 1. The first-order chi connectivity index (χ1) is 7.81. The predicted octanol–water partition coefficient (Wildman–Crippen LogP) is 1.80. The van der Waals surface area contributed by atoms with Gasteiger partial charge in [-0.15, -0.1) is 0 Å². The molecule has 5 nitrogen and oxygen atoms in total. The molecule has 0 saturated carbocycles. The van der Waals surface area contributed by atoms with Crippen molar-refractivity contribution in [2.75, 3.05) is 21.1 Å². The van der Waals surface area contributed by atoms with E-state index in [9.17, 15) is 0 Å². The summed E-state index contributed by atoms with van der Waals surface area (Å²) in [4.78, 5) is 14.5. The zero-order valence-electron chi connectivity index (χ0n) is 10.9. The first kappa shape index (κ1) is 15.9. The molecule has 0 amide bonds. The number of quaternary nitrogens is 1. The number of aryl methyl sites for hydroxylation is 1. The molecule has 1 heterocycles. The van der Waals surface area contributed by atoms with Crippen LogP contribution in [0.15, 0.2) is 6.20 Å². The average molecular weight is 260 g/mol. The second kappa shape index (κ2) is 7.24. The summed E-state index contributed by atoms with van der Waals surface area (Å²) < 4.78 is 1.73. The van der Waals surface area contributed by atoms with E-state index in [0.717, 1.165) is 15.7 Å². The van der Waals surface area contributed by atoms with Crippen molar-refractivity contribution in [3.8, 4) is 0 Å². The molecule has 17 heavy (non-hydrogen) atoms. The lowest BCUT2D eigenvalue weighted by molar-refractivity contribution is -0.894. The zero-order valence-corrected chi connectivity index (χ0v) is 11.7. The first-order valence-corrected chi connectivity index (χ1v) is 5.87. The third-order valence-electron chi connectivity index (χ3n) is 2.81. The number of aromatic amines is 2. The number of imidazole rings is 1. The van der Waals surface area contributed by atoms with Crippen LogP contribution in [0.1, 0.15) is 19.0 Å². The van der Waals surface area contributed by atoms with Gasteiger partial charge in [0.15, 0.2) is 4.77 Å². The predicted molar refractivity (Wildman–Crippen MR) is 70.5 cm³/mol. The Kier molecular flexibility index (Phi) is 6.75. The number of hydrogen-bond donors (Lipinski definition) is 3. The second-order valence-electron chi connectivity index (χ2n) is 4.88. The summed E-state index contributed by atoms with van der Waals surface area (Å²) in [6.45, 7) is 2.03. The number of H-pyrrole nitrogens is 2. The molecular formula is C11H22N3O2S+. The van der Waals surface area contributed by atoms with Crippen LogP contribution >= 0.6 is 12.2 Å². The standard InChI is InChI=1S/C10H19N3S.CH2O2/c1-8(13(2,3)4)5-6-9-7-11-10(14)12-9;2-1-3/h7-8H,5-6H2,1-4H3,(H-,11,12,14);1H,(H,2,3)/p+1. The highest BCUT2D eigenvalue weighted by Gasteiger charge is 2.17. The van der Waals surface area contributed by atoms with Crippen LogP contribution in [0.25, 0.3) is 0 Å². The molecular weight excluding hydrogens is 238 g/mol. The lowest BCUT2D eigenvalue weighted by Crippen LogP contribution is -2.43. The maximum atomic E-state index is 8.36. The van der Waals surface area contributed by atoms with Gasteiger partial charge in [0, 0.05) is 18.3 Å². The maximum absolute atomic E-state index is 8.36.